The summed E-state index contributed by atoms with van der Waals surface area (Å²) >= 11 is 6.06. The molecular formula is C12H17ClN2O. The number of hydrogen-bond acceptors (Lipinski definition) is 3. The van der Waals surface area contributed by atoms with E-state index in [2.05, 4.69) is 16.5 Å². The van der Waals surface area contributed by atoms with E-state index in [4.69, 9.17) is 16.3 Å². The topological polar surface area (TPSA) is 35.0 Å². The molecule has 0 amide bonds. The van der Waals surface area contributed by atoms with Crippen molar-refractivity contribution in [3.63, 3.8) is 0 Å². The highest BCUT2D eigenvalue weighted by molar-refractivity contribution is 6.30. The van der Waals surface area contributed by atoms with Gasteiger partial charge in [-0.15, -0.1) is 0 Å². The molecule has 0 atom stereocenters. The van der Waals surface area contributed by atoms with Gasteiger partial charge in [0.05, 0.1) is 6.61 Å². The first-order valence-corrected chi connectivity index (χ1v) is 5.71. The van der Waals surface area contributed by atoms with Crippen molar-refractivity contribution < 1.29 is 4.74 Å². The number of rotatable bonds is 4. The lowest BCUT2D eigenvalue weighted by Gasteiger charge is -2.13. The highest BCUT2D eigenvalue weighted by Crippen LogP contribution is 2.24. The van der Waals surface area contributed by atoms with Crippen LogP contribution in [0, 0.1) is 6.92 Å². The Morgan fingerprint density at radius 1 is 1.44 bits per heavy atom. The first kappa shape index (κ1) is 13.0. The van der Waals surface area contributed by atoms with Gasteiger partial charge < -0.3 is 4.74 Å². The maximum absolute atomic E-state index is 6.06. The molecule has 0 bridgehead atoms. The molecule has 1 heterocycles. The molecule has 0 aromatic carbocycles. The van der Waals surface area contributed by atoms with Crippen LogP contribution in [-0.2, 0) is 4.74 Å². The van der Waals surface area contributed by atoms with E-state index in [-0.39, 0.29) is 5.92 Å². The number of aromatic nitrogens is 2. The number of hydrogen-bond donors (Lipinski definition) is 0. The van der Waals surface area contributed by atoms with Crippen LogP contribution in [0.25, 0.3) is 5.76 Å². The fourth-order valence-electron chi connectivity index (χ4n) is 1.28. The van der Waals surface area contributed by atoms with E-state index in [0.29, 0.717) is 29.0 Å². The summed E-state index contributed by atoms with van der Waals surface area (Å²) in [5, 5.41) is 0.467. The Bertz CT molecular complexity index is 402. The van der Waals surface area contributed by atoms with Crippen LogP contribution in [0.2, 0.25) is 5.15 Å². The van der Waals surface area contributed by atoms with Crippen LogP contribution in [0.15, 0.2) is 6.58 Å². The van der Waals surface area contributed by atoms with Gasteiger partial charge >= 0.3 is 0 Å². The maximum atomic E-state index is 6.06. The molecule has 0 unspecified atom stereocenters. The Balaban J connectivity index is 3.21. The molecule has 0 saturated heterocycles. The number of halogens is 1. The summed E-state index contributed by atoms with van der Waals surface area (Å²) in [7, 11) is 0. The van der Waals surface area contributed by atoms with Crippen molar-refractivity contribution >= 4 is 17.4 Å². The SMILES string of the molecule is C=C(OCC)c1nc(C(C)C)nc(Cl)c1C. The predicted molar refractivity (Wildman–Crippen MR) is 66.5 cm³/mol. The predicted octanol–water partition coefficient (Wildman–Crippen LogP) is 3.57. The lowest BCUT2D eigenvalue weighted by molar-refractivity contribution is 0.297. The molecule has 0 aliphatic carbocycles. The molecule has 0 saturated carbocycles. The average molecular weight is 241 g/mol. The normalized spacial score (nSPS) is 10.6. The molecule has 0 aliphatic rings. The van der Waals surface area contributed by atoms with E-state index in [1.165, 1.54) is 0 Å². The van der Waals surface area contributed by atoms with E-state index in [0.717, 1.165) is 5.56 Å². The van der Waals surface area contributed by atoms with Crippen LogP contribution in [0.3, 0.4) is 0 Å². The van der Waals surface area contributed by atoms with Crippen molar-refractivity contribution in [1.29, 1.82) is 0 Å². The first-order valence-electron chi connectivity index (χ1n) is 5.33. The smallest absolute Gasteiger partial charge is 0.138 e. The molecule has 0 radical (unpaired) electrons. The zero-order valence-corrected chi connectivity index (χ0v) is 10.9. The summed E-state index contributed by atoms with van der Waals surface area (Å²) in [6, 6.07) is 0. The fraction of sp³-hybridized carbons (Fsp3) is 0.500. The second-order valence-corrected chi connectivity index (χ2v) is 4.22. The van der Waals surface area contributed by atoms with Gasteiger partial charge in [-0.2, -0.15) is 0 Å². The Hall–Kier alpha value is -1.09. The molecule has 88 valence electrons. The second-order valence-electron chi connectivity index (χ2n) is 3.86. The minimum atomic E-state index is 0.228. The highest BCUT2D eigenvalue weighted by Gasteiger charge is 2.14. The van der Waals surface area contributed by atoms with Gasteiger partial charge in [-0.25, -0.2) is 9.97 Å². The third-order valence-corrected chi connectivity index (χ3v) is 2.57. The minimum Gasteiger partial charge on any atom is -0.492 e. The summed E-state index contributed by atoms with van der Waals surface area (Å²) in [5.74, 6) is 1.49. The number of ether oxygens (including phenoxy) is 1. The summed E-state index contributed by atoms with van der Waals surface area (Å²) < 4.78 is 5.36. The Kier molecular flexibility index (Phi) is 4.30. The van der Waals surface area contributed by atoms with Crippen LogP contribution < -0.4 is 0 Å². The molecule has 0 aliphatic heterocycles. The molecule has 0 N–H and O–H groups in total. The van der Waals surface area contributed by atoms with Gasteiger partial charge in [-0.05, 0) is 13.8 Å². The zero-order valence-electron chi connectivity index (χ0n) is 10.2. The van der Waals surface area contributed by atoms with Gasteiger partial charge in [0.2, 0.25) is 0 Å². The second kappa shape index (κ2) is 5.30. The van der Waals surface area contributed by atoms with E-state index in [9.17, 15) is 0 Å². The molecule has 0 spiro atoms. The summed E-state index contributed by atoms with van der Waals surface area (Å²) in [6.45, 7) is 12.2. The van der Waals surface area contributed by atoms with Crippen molar-refractivity contribution in [2.45, 2.75) is 33.6 Å². The molecule has 0 fully saturated rings. The van der Waals surface area contributed by atoms with Crippen molar-refractivity contribution in [2.24, 2.45) is 0 Å². The summed E-state index contributed by atoms with van der Waals surface area (Å²) in [5.41, 5.74) is 1.51. The minimum absolute atomic E-state index is 0.228. The fourth-order valence-corrected chi connectivity index (χ4v) is 1.45. The quantitative estimate of drug-likeness (QED) is 0.596. The molecule has 1 aromatic rings. The van der Waals surface area contributed by atoms with Crippen LogP contribution in [-0.4, -0.2) is 16.6 Å². The first-order chi connectivity index (χ1) is 7.47. The van der Waals surface area contributed by atoms with Crippen LogP contribution >= 0.6 is 11.6 Å². The highest BCUT2D eigenvalue weighted by atomic mass is 35.5. The lowest BCUT2D eigenvalue weighted by Crippen LogP contribution is -2.05. The van der Waals surface area contributed by atoms with Crippen LogP contribution in [0.4, 0.5) is 0 Å². The molecular weight excluding hydrogens is 224 g/mol. The van der Waals surface area contributed by atoms with Gasteiger partial charge in [0.25, 0.3) is 0 Å². The van der Waals surface area contributed by atoms with E-state index in [1.807, 2.05) is 27.7 Å². The molecule has 16 heavy (non-hydrogen) atoms. The molecule has 1 aromatic heterocycles. The van der Waals surface area contributed by atoms with Gasteiger partial charge in [-0.3, -0.25) is 0 Å². The molecule has 4 heteroatoms. The van der Waals surface area contributed by atoms with Crippen LogP contribution in [0.1, 0.15) is 43.8 Å². The Morgan fingerprint density at radius 3 is 2.56 bits per heavy atom. The summed E-state index contributed by atoms with van der Waals surface area (Å²) in [4.78, 5) is 8.66. The van der Waals surface area contributed by atoms with Crippen molar-refractivity contribution in [2.75, 3.05) is 6.61 Å². The third-order valence-electron chi connectivity index (χ3n) is 2.20. The molecule has 3 nitrogen and oxygen atoms in total. The maximum Gasteiger partial charge on any atom is 0.138 e. The van der Waals surface area contributed by atoms with Crippen LogP contribution in [0.5, 0.6) is 0 Å². The van der Waals surface area contributed by atoms with Gasteiger partial charge in [0.1, 0.15) is 22.4 Å². The summed E-state index contributed by atoms with van der Waals surface area (Å²) in [6.07, 6.45) is 0. The Morgan fingerprint density at radius 2 is 2.06 bits per heavy atom. The van der Waals surface area contributed by atoms with Crippen molar-refractivity contribution in [3.05, 3.63) is 28.8 Å². The van der Waals surface area contributed by atoms with E-state index < -0.39 is 0 Å². The molecule has 1 rings (SSSR count). The lowest BCUT2D eigenvalue weighted by atomic mass is 10.1. The van der Waals surface area contributed by atoms with Gasteiger partial charge in [0, 0.05) is 11.5 Å². The number of nitrogens with zero attached hydrogens (tertiary/aromatic N) is 2. The van der Waals surface area contributed by atoms with Gasteiger partial charge in [-0.1, -0.05) is 32.0 Å². The zero-order chi connectivity index (χ0) is 12.3. The third kappa shape index (κ3) is 2.73. The average Bonchev–Trinajstić information content (AvgIpc) is 2.21. The van der Waals surface area contributed by atoms with E-state index in [1.54, 1.807) is 0 Å². The van der Waals surface area contributed by atoms with E-state index >= 15 is 0 Å². The van der Waals surface area contributed by atoms with Crippen molar-refractivity contribution in [3.8, 4) is 0 Å². The standard InChI is InChI=1S/C12H17ClN2O/c1-6-16-9(5)10-8(4)11(13)15-12(14-10)7(2)3/h7H,5-6H2,1-4H3. The Labute approximate surface area is 102 Å². The monoisotopic (exact) mass is 240 g/mol. The van der Waals surface area contributed by atoms with Gasteiger partial charge in [0.15, 0.2) is 0 Å². The largest absolute Gasteiger partial charge is 0.492 e. The van der Waals surface area contributed by atoms with Crippen molar-refractivity contribution in [1.82, 2.24) is 9.97 Å².